The van der Waals surface area contributed by atoms with Gasteiger partial charge in [-0.05, 0) is 18.4 Å². The summed E-state index contributed by atoms with van der Waals surface area (Å²) >= 11 is 0. The molecular weight excluding hydrogens is 322 g/mol. The first-order valence-electron chi connectivity index (χ1n) is 8.44. The number of benzene rings is 1. The Balaban J connectivity index is 1.59. The zero-order valence-electron chi connectivity index (χ0n) is 13.7. The number of nitrogens with one attached hydrogen (secondary N) is 2. The summed E-state index contributed by atoms with van der Waals surface area (Å²) in [5.41, 5.74) is 3.24. The van der Waals surface area contributed by atoms with Gasteiger partial charge in [-0.3, -0.25) is 20.0 Å². The average molecular weight is 341 g/mol. The Hall–Kier alpha value is -2.74. The summed E-state index contributed by atoms with van der Waals surface area (Å²) in [6.45, 7) is 1.88. The Morgan fingerprint density at radius 1 is 1.40 bits per heavy atom. The quantitative estimate of drug-likeness (QED) is 0.637. The van der Waals surface area contributed by atoms with Gasteiger partial charge in [-0.15, -0.1) is 0 Å². The van der Waals surface area contributed by atoms with Gasteiger partial charge >= 0.3 is 0 Å². The highest BCUT2D eigenvalue weighted by Gasteiger charge is 2.35. The summed E-state index contributed by atoms with van der Waals surface area (Å²) in [6, 6.07) is 6.66. The third kappa shape index (κ3) is 3.12. The van der Waals surface area contributed by atoms with Crippen LogP contribution < -0.4 is 5.32 Å². The molecule has 8 heteroatoms. The van der Waals surface area contributed by atoms with Crippen LogP contribution in [0, 0.1) is 10.1 Å². The van der Waals surface area contributed by atoms with Gasteiger partial charge in [0.1, 0.15) is 0 Å². The van der Waals surface area contributed by atoms with Crippen molar-refractivity contribution < 1.29 is 9.72 Å². The van der Waals surface area contributed by atoms with Crippen LogP contribution in [0.25, 0.3) is 0 Å². The summed E-state index contributed by atoms with van der Waals surface area (Å²) in [7, 11) is 0. The number of rotatable bonds is 5. The smallest absolute Gasteiger partial charge is 0.275 e. The zero-order chi connectivity index (χ0) is 17.4. The van der Waals surface area contributed by atoms with Gasteiger partial charge in [-0.2, -0.15) is 5.10 Å². The van der Waals surface area contributed by atoms with Crippen molar-refractivity contribution in [2.24, 2.45) is 0 Å². The average Bonchev–Trinajstić information content (AvgIpc) is 3.38. The van der Waals surface area contributed by atoms with E-state index in [1.807, 2.05) is 6.07 Å². The van der Waals surface area contributed by atoms with Crippen LogP contribution in [-0.4, -0.2) is 38.5 Å². The Kier molecular flexibility index (Phi) is 3.96. The van der Waals surface area contributed by atoms with Gasteiger partial charge in [-0.1, -0.05) is 12.1 Å². The second-order valence-corrected chi connectivity index (χ2v) is 6.55. The van der Waals surface area contributed by atoms with Crippen LogP contribution in [0.1, 0.15) is 40.2 Å². The summed E-state index contributed by atoms with van der Waals surface area (Å²) < 4.78 is 0. The largest absolute Gasteiger partial charge is 0.330 e. The number of hydrogen-bond donors (Lipinski definition) is 2. The van der Waals surface area contributed by atoms with Crippen LogP contribution in [0.2, 0.25) is 0 Å². The van der Waals surface area contributed by atoms with Crippen molar-refractivity contribution >= 4 is 11.6 Å². The number of nitro benzene ring substituents is 1. The second kappa shape index (κ2) is 6.29. The second-order valence-electron chi connectivity index (χ2n) is 6.55. The highest BCUT2D eigenvalue weighted by atomic mass is 16.6. The molecule has 2 heterocycles. The molecule has 0 radical (unpaired) electrons. The van der Waals surface area contributed by atoms with E-state index < -0.39 is 4.92 Å². The highest BCUT2D eigenvalue weighted by molar-refractivity contribution is 5.94. The molecule has 4 rings (SSSR count). The predicted octanol–water partition coefficient (Wildman–Crippen LogP) is 1.77. The van der Waals surface area contributed by atoms with Gasteiger partial charge in [0.25, 0.3) is 11.6 Å². The third-order valence-electron chi connectivity index (χ3n) is 4.73. The zero-order valence-corrected chi connectivity index (χ0v) is 13.7. The fourth-order valence-electron chi connectivity index (χ4n) is 3.26. The van der Waals surface area contributed by atoms with E-state index in [1.54, 1.807) is 11.0 Å². The number of H-pyrrole nitrogens is 1. The van der Waals surface area contributed by atoms with Gasteiger partial charge in [-0.25, -0.2) is 0 Å². The van der Waals surface area contributed by atoms with Gasteiger partial charge < -0.3 is 10.2 Å². The summed E-state index contributed by atoms with van der Waals surface area (Å²) in [4.78, 5) is 25.4. The van der Waals surface area contributed by atoms with Crippen molar-refractivity contribution in [2.45, 2.75) is 38.4 Å². The number of fused-ring (bicyclic) bond motifs is 1. The number of aromatic amines is 1. The lowest BCUT2D eigenvalue weighted by Crippen LogP contribution is -2.34. The van der Waals surface area contributed by atoms with Crippen molar-refractivity contribution in [1.82, 2.24) is 20.4 Å². The number of carbonyl (C=O) groups excluding carboxylic acids is 1. The van der Waals surface area contributed by atoms with E-state index in [2.05, 4.69) is 15.5 Å². The molecule has 0 atom stereocenters. The molecule has 1 fully saturated rings. The number of aromatic nitrogens is 2. The first-order chi connectivity index (χ1) is 12.1. The van der Waals surface area contributed by atoms with E-state index in [0.29, 0.717) is 18.8 Å². The monoisotopic (exact) mass is 341 g/mol. The molecule has 0 unspecified atom stereocenters. The predicted molar refractivity (Wildman–Crippen MR) is 90.0 cm³/mol. The van der Waals surface area contributed by atoms with Crippen LogP contribution >= 0.6 is 0 Å². The van der Waals surface area contributed by atoms with E-state index in [4.69, 9.17) is 0 Å². The van der Waals surface area contributed by atoms with Crippen molar-refractivity contribution in [2.75, 3.05) is 6.54 Å². The SMILES string of the molecule is O=C(c1n[nH]c2c1CNCC2)N(Cc1cccc([N+](=O)[O-])c1)C1CC1. The Labute approximate surface area is 144 Å². The molecule has 8 nitrogen and oxygen atoms in total. The first-order valence-corrected chi connectivity index (χ1v) is 8.44. The minimum absolute atomic E-state index is 0.0436. The Morgan fingerprint density at radius 3 is 3.00 bits per heavy atom. The van der Waals surface area contributed by atoms with Gasteiger partial charge in [0, 0.05) is 55.5 Å². The van der Waals surface area contributed by atoms with Gasteiger partial charge in [0.15, 0.2) is 5.69 Å². The highest BCUT2D eigenvalue weighted by Crippen LogP contribution is 2.31. The summed E-state index contributed by atoms with van der Waals surface area (Å²) in [5, 5.41) is 21.5. The molecule has 1 aliphatic heterocycles. The van der Waals surface area contributed by atoms with Crippen molar-refractivity contribution in [3.63, 3.8) is 0 Å². The van der Waals surface area contributed by atoms with E-state index in [9.17, 15) is 14.9 Å². The molecule has 25 heavy (non-hydrogen) atoms. The van der Waals surface area contributed by atoms with Crippen molar-refractivity contribution in [3.8, 4) is 0 Å². The molecule has 2 aromatic rings. The normalized spacial score (nSPS) is 16.3. The summed E-state index contributed by atoms with van der Waals surface area (Å²) in [5.74, 6) is -0.102. The molecule has 1 aromatic carbocycles. The molecule has 130 valence electrons. The molecule has 2 N–H and O–H groups in total. The minimum atomic E-state index is -0.414. The lowest BCUT2D eigenvalue weighted by molar-refractivity contribution is -0.384. The van der Waals surface area contributed by atoms with E-state index >= 15 is 0 Å². The van der Waals surface area contributed by atoms with Crippen LogP contribution in [0.5, 0.6) is 0 Å². The fourth-order valence-corrected chi connectivity index (χ4v) is 3.26. The first kappa shape index (κ1) is 15.8. The molecule has 1 aromatic heterocycles. The molecular formula is C17H19N5O3. The maximum absolute atomic E-state index is 13.1. The molecule has 0 spiro atoms. The maximum atomic E-state index is 13.1. The maximum Gasteiger partial charge on any atom is 0.275 e. The lowest BCUT2D eigenvalue weighted by atomic mass is 10.1. The molecule has 0 bridgehead atoms. The number of amides is 1. The molecule has 2 aliphatic rings. The van der Waals surface area contributed by atoms with Crippen LogP contribution in [0.4, 0.5) is 5.69 Å². The van der Waals surface area contributed by atoms with Crippen molar-refractivity contribution in [1.29, 1.82) is 0 Å². The van der Waals surface area contributed by atoms with Crippen LogP contribution in [0.15, 0.2) is 24.3 Å². The number of non-ortho nitro benzene ring substituents is 1. The molecule has 1 saturated carbocycles. The minimum Gasteiger partial charge on any atom is -0.330 e. The van der Waals surface area contributed by atoms with Crippen LogP contribution in [-0.2, 0) is 19.5 Å². The third-order valence-corrected chi connectivity index (χ3v) is 4.73. The topological polar surface area (TPSA) is 104 Å². The Bertz CT molecular complexity index is 827. The Morgan fingerprint density at radius 2 is 2.24 bits per heavy atom. The fraction of sp³-hybridized carbons (Fsp3) is 0.412. The number of carbonyl (C=O) groups is 1. The molecule has 1 aliphatic carbocycles. The lowest BCUT2D eigenvalue weighted by Gasteiger charge is -2.23. The van der Waals surface area contributed by atoms with E-state index in [0.717, 1.165) is 42.6 Å². The standard InChI is InChI=1S/C17H19N5O3/c23-17(16-14-9-18-7-6-15(14)19-20-16)21(12-4-5-12)10-11-2-1-3-13(8-11)22(24)25/h1-3,8,12,18H,4-7,9-10H2,(H,19,20). The van der Waals surface area contributed by atoms with Gasteiger partial charge in [0.05, 0.1) is 4.92 Å². The molecule has 0 saturated heterocycles. The summed E-state index contributed by atoms with van der Waals surface area (Å²) in [6.07, 6.45) is 2.76. The van der Waals surface area contributed by atoms with Crippen molar-refractivity contribution in [3.05, 3.63) is 56.9 Å². The number of nitro groups is 1. The van der Waals surface area contributed by atoms with E-state index in [1.165, 1.54) is 12.1 Å². The number of nitrogens with zero attached hydrogens (tertiary/aromatic N) is 3. The van der Waals surface area contributed by atoms with Gasteiger partial charge in [0.2, 0.25) is 0 Å². The number of hydrogen-bond acceptors (Lipinski definition) is 5. The molecule has 1 amide bonds. The van der Waals surface area contributed by atoms with E-state index in [-0.39, 0.29) is 17.6 Å². The van der Waals surface area contributed by atoms with Crippen LogP contribution in [0.3, 0.4) is 0 Å².